The second kappa shape index (κ2) is 8.22. The Morgan fingerprint density at radius 1 is 1.00 bits per heavy atom. The number of H-pyrrole nitrogens is 3. The van der Waals surface area contributed by atoms with Crippen LogP contribution in [0.1, 0.15) is 42.0 Å². The number of aromatic amines is 3. The maximum atomic E-state index is 11.8. The quantitative estimate of drug-likeness (QED) is 0.336. The zero-order valence-electron chi connectivity index (χ0n) is 16.9. The molecule has 2 aromatic heterocycles. The topological polar surface area (TPSA) is 89.4 Å². The van der Waals surface area contributed by atoms with E-state index in [1.165, 1.54) is 29.7 Å². The molecule has 0 saturated heterocycles. The molecule has 2 aromatic carbocycles. The van der Waals surface area contributed by atoms with Gasteiger partial charge in [-0.25, -0.2) is 0 Å². The second-order valence-corrected chi connectivity index (χ2v) is 8.42. The molecule has 0 radical (unpaired) electrons. The van der Waals surface area contributed by atoms with Crippen LogP contribution in [0.25, 0.3) is 10.9 Å². The van der Waals surface area contributed by atoms with Crippen LogP contribution in [-0.2, 0) is 12.8 Å². The Kier molecular flexibility index (Phi) is 5.13. The molecule has 1 aliphatic rings. The Hall–Kier alpha value is -3.28. The van der Waals surface area contributed by atoms with Crippen LogP contribution in [0.3, 0.4) is 0 Å². The number of nitrogens with one attached hydrogen (secondary N) is 4. The van der Waals surface area contributed by atoms with E-state index < -0.39 is 0 Å². The predicted molar refractivity (Wildman–Crippen MR) is 120 cm³/mol. The van der Waals surface area contributed by atoms with E-state index in [4.69, 9.17) is 0 Å². The predicted octanol–water partition coefficient (Wildman–Crippen LogP) is 4.36. The number of nitrogens with zero attached hydrogens (tertiary/aromatic N) is 1. The van der Waals surface area contributed by atoms with Crippen molar-refractivity contribution in [1.29, 1.82) is 0 Å². The molecule has 0 spiro atoms. The first kappa shape index (κ1) is 18.7. The summed E-state index contributed by atoms with van der Waals surface area (Å²) < 4.78 is 0. The summed E-state index contributed by atoms with van der Waals surface area (Å²) in [5.41, 5.74) is 4.67. The fourth-order valence-electron chi connectivity index (χ4n) is 4.20. The molecule has 5 rings (SSSR count). The van der Waals surface area contributed by atoms with Gasteiger partial charge in [-0.1, -0.05) is 36.4 Å². The molecule has 6 nitrogen and oxygen atoms in total. The third kappa shape index (κ3) is 4.32. The van der Waals surface area contributed by atoms with E-state index in [0.29, 0.717) is 17.2 Å². The summed E-state index contributed by atoms with van der Waals surface area (Å²) in [6.45, 7) is 0.885. The van der Waals surface area contributed by atoms with Crippen molar-refractivity contribution in [3.05, 3.63) is 81.8 Å². The molecule has 1 fully saturated rings. The fraction of sp³-hybridized carbons (Fsp3) is 0.333. The third-order valence-electron chi connectivity index (χ3n) is 6.00. The molecule has 6 heteroatoms. The number of anilines is 1. The summed E-state index contributed by atoms with van der Waals surface area (Å²) in [5, 5.41) is 17.4. The Bertz CT molecular complexity index is 1170. The van der Waals surface area contributed by atoms with E-state index in [0.717, 1.165) is 37.1 Å². The zero-order valence-corrected chi connectivity index (χ0v) is 16.9. The number of hydrogen-bond acceptors (Lipinski definition) is 3. The van der Waals surface area contributed by atoms with Gasteiger partial charge >= 0.3 is 0 Å². The molecule has 0 bridgehead atoms. The van der Waals surface area contributed by atoms with Gasteiger partial charge in [0.1, 0.15) is 5.82 Å². The normalized spacial score (nSPS) is 14.8. The van der Waals surface area contributed by atoms with Crippen LogP contribution in [0.5, 0.6) is 0 Å². The third-order valence-corrected chi connectivity index (χ3v) is 6.00. The summed E-state index contributed by atoms with van der Waals surface area (Å²) in [4.78, 5) is 11.8. The summed E-state index contributed by atoms with van der Waals surface area (Å²) in [7, 11) is 0. The van der Waals surface area contributed by atoms with Crippen molar-refractivity contribution in [2.75, 3.05) is 11.9 Å². The highest BCUT2D eigenvalue weighted by atomic mass is 16.1. The maximum absolute atomic E-state index is 11.8. The van der Waals surface area contributed by atoms with E-state index in [9.17, 15) is 4.79 Å². The van der Waals surface area contributed by atoms with Crippen molar-refractivity contribution in [2.45, 2.75) is 38.0 Å². The van der Waals surface area contributed by atoms with Gasteiger partial charge in [0, 0.05) is 24.2 Å². The van der Waals surface area contributed by atoms with Crippen LogP contribution in [0.15, 0.2) is 59.4 Å². The molecular formula is C24H27N5O. The molecule has 30 heavy (non-hydrogen) atoms. The average molecular weight is 402 g/mol. The van der Waals surface area contributed by atoms with E-state index in [2.05, 4.69) is 74.2 Å². The van der Waals surface area contributed by atoms with Crippen LogP contribution in [0.2, 0.25) is 0 Å². The minimum atomic E-state index is -0.0637. The van der Waals surface area contributed by atoms with Crippen molar-refractivity contribution in [3.63, 3.8) is 0 Å². The van der Waals surface area contributed by atoms with E-state index in [1.54, 1.807) is 0 Å². The standard InChI is InChI=1S/C24H27N5O/c30-24-20-9-6-17(14-22(20)27-29-24)13-18(12-16-4-2-1-3-5-16)10-11-25-23-15-21(26-28-23)19-7-8-19/h1-6,9,14-15,18-19H,7-8,10-13H2,(H2,25,26,28)(H2,27,29,30). The average Bonchev–Trinajstić information content (AvgIpc) is 3.40. The lowest BCUT2D eigenvalue weighted by Gasteiger charge is -2.18. The highest BCUT2D eigenvalue weighted by molar-refractivity contribution is 5.78. The van der Waals surface area contributed by atoms with Crippen LogP contribution < -0.4 is 10.9 Å². The highest BCUT2D eigenvalue weighted by Gasteiger charge is 2.25. The lowest BCUT2D eigenvalue weighted by atomic mass is 9.89. The summed E-state index contributed by atoms with van der Waals surface area (Å²) in [6, 6.07) is 18.9. The first-order valence-electron chi connectivity index (χ1n) is 10.8. The zero-order chi connectivity index (χ0) is 20.3. The van der Waals surface area contributed by atoms with Crippen LogP contribution >= 0.6 is 0 Å². The molecule has 0 amide bonds. The van der Waals surface area contributed by atoms with Gasteiger partial charge in [-0.3, -0.25) is 20.1 Å². The van der Waals surface area contributed by atoms with Gasteiger partial charge in [0.15, 0.2) is 0 Å². The molecule has 2 heterocycles. The van der Waals surface area contributed by atoms with E-state index in [1.807, 2.05) is 6.07 Å². The van der Waals surface area contributed by atoms with Gasteiger partial charge in [-0.2, -0.15) is 5.10 Å². The molecule has 1 aliphatic carbocycles. The van der Waals surface area contributed by atoms with Gasteiger partial charge in [0.25, 0.3) is 5.56 Å². The fourth-order valence-corrected chi connectivity index (χ4v) is 4.20. The van der Waals surface area contributed by atoms with Crippen LogP contribution in [-0.4, -0.2) is 26.9 Å². The summed E-state index contributed by atoms with van der Waals surface area (Å²) in [6.07, 6.45) is 5.59. The molecule has 4 aromatic rings. The number of hydrogen-bond donors (Lipinski definition) is 4. The van der Waals surface area contributed by atoms with Crippen LogP contribution in [0.4, 0.5) is 5.82 Å². The SMILES string of the molecule is O=c1[nH][nH]c2cc(CC(CCNc3cc(C4CC4)[nH]n3)Cc3ccccc3)ccc12. The van der Waals surface area contributed by atoms with E-state index in [-0.39, 0.29) is 5.56 Å². The van der Waals surface area contributed by atoms with Gasteiger partial charge in [0.05, 0.1) is 10.9 Å². The Labute approximate surface area is 175 Å². The van der Waals surface area contributed by atoms with Gasteiger partial charge in [0.2, 0.25) is 0 Å². The smallest absolute Gasteiger partial charge is 0.271 e. The van der Waals surface area contributed by atoms with E-state index >= 15 is 0 Å². The summed E-state index contributed by atoms with van der Waals surface area (Å²) in [5.74, 6) is 2.13. The van der Waals surface area contributed by atoms with Gasteiger partial charge in [-0.15, -0.1) is 0 Å². The Balaban J connectivity index is 1.26. The number of benzene rings is 2. The lowest BCUT2D eigenvalue weighted by Crippen LogP contribution is -2.14. The number of aromatic nitrogens is 4. The molecule has 1 atom stereocenters. The first-order chi connectivity index (χ1) is 14.7. The Morgan fingerprint density at radius 3 is 2.67 bits per heavy atom. The van der Waals surface area contributed by atoms with Crippen molar-refractivity contribution >= 4 is 16.7 Å². The van der Waals surface area contributed by atoms with Crippen molar-refractivity contribution in [1.82, 2.24) is 20.4 Å². The minimum Gasteiger partial charge on any atom is -0.369 e. The largest absolute Gasteiger partial charge is 0.369 e. The lowest BCUT2D eigenvalue weighted by molar-refractivity contribution is 0.493. The van der Waals surface area contributed by atoms with Crippen molar-refractivity contribution in [3.8, 4) is 0 Å². The highest BCUT2D eigenvalue weighted by Crippen LogP contribution is 2.39. The van der Waals surface area contributed by atoms with Crippen molar-refractivity contribution < 1.29 is 0 Å². The van der Waals surface area contributed by atoms with Gasteiger partial charge in [-0.05, 0) is 61.3 Å². The Morgan fingerprint density at radius 2 is 1.83 bits per heavy atom. The summed E-state index contributed by atoms with van der Waals surface area (Å²) >= 11 is 0. The molecule has 1 saturated carbocycles. The first-order valence-corrected chi connectivity index (χ1v) is 10.8. The van der Waals surface area contributed by atoms with Crippen LogP contribution in [0, 0.1) is 5.92 Å². The van der Waals surface area contributed by atoms with Gasteiger partial charge < -0.3 is 5.32 Å². The molecule has 4 N–H and O–H groups in total. The molecule has 154 valence electrons. The molecule has 0 aliphatic heterocycles. The molecule has 1 unspecified atom stereocenters. The second-order valence-electron chi connectivity index (χ2n) is 8.42. The van der Waals surface area contributed by atoms with Crippen molar-refractivity contribution in [2.24, 2.45) is 5.92 Å². The number of rotatable bonds is 9. The minimum absolute atomic E-state index is 0.0637. The number of fused-ring (bicyclic) bond motifs is 1. The maximum Gasteiger partial charge on any atom is 0.271 e. The monoisotopic (exact) mass is 401 g/mol. The molecular weight excluding hydrogens is 374 g/mol.